The highest BCUT2D eigenvalue weighted by molar-refractivity contribution is 7.17. The Morgan fingerprint density at radius 2 is 1.82 bits per heavy atom. The van der Waals surface area contributed by atoms with Gasteiger partial charge in [0, 0.05) is 17.7 Å². The molecule has 0 spiro atoms. The summed E-state index contributed by atoms with van der Waals surface area (Å²) in [6.07, 6.45) is 1.41. The summed E-state index contributed by atoms with van der Waals surface area (Å²) in [5, 5.41) is 22.9. The maximum atomic E-state index is 13.6. The van der Waals surface area contributed by atoms with Crippen molar-refractivity contribution in [3.8, 4) is 5.75 Å². The minimum Gasteiger partial charge on any atom is -0.507 e. The molecule has 1 amide bonds. The fourth-order valence-electron chi connectivity index (χ4n) is 4.85. The van der Waals surface area contributed by atoms with Crippen molar-refractivity contribution in [3.63, 3.8) is 0 Å². The third kappa shape index (κ3) is 6.22. The number of aliphatic hydroxyl groups excluding tert-OH is 1. The molecule has 0 aliphatic carbocycles. The molecule has 5 rings (SSSR count). The number of carbonyl (C=O) groups excluding carboxylic acids is 3. The average molecular weight is 626 g/mol. The van der Waals surface area contributed by atoms with Crippen molar-refractivity contribution in [1.29, 1.82) is 0 Å². The average Bonchev–Trinajstić information content (AvgIpc) is 3.55. The Labute approximate surface area is 261 Å². The minimum atomic E-state index is -1.21. The molecule has 1 saturated heterocycles. The van der Waals surface area contributed by atoms with E-state index in [9.17, 15) is 29.6 Å². The number of anilines is 1. The number of carbonyl (C=O) groups is 3. The Morgan fingerprint density at radius 3 is 2.47 bits per heavy atom. The van der Waals surface area contributed by atoms with Gasteiger partial charge in [-0.2, -0.15) is 0 Å². The first-order valence-corrected chi connectivity index (χ1v) is 14.5. The highest BCUT2D eigenvalue weighted by Gasteiger charge is 2.48. The van der Waals surface area contributed by atoms with E-state index in [1.807, 2.05) is 30.3 Å². The lowest BCUT2D eigenvalue weighted by Crippen LogP contribution is -2.29. The first-order valence-electron chi connectivity index (χ1n) is 13.7. The number of ether oxygens (including phenoxy) is 2. The molecular weight excluding hydrogens is 598 g/mol. The topological polar surface area (TPSA) is 149 Å². The molecule has 4 aromatic rings. The van der Waals surface area contributed by atoms with Gasteiger partial charge in [-0.15, -0.1) is 0 Å². The summed E-state index contributed by atoms with van der Waals surface area (Å²) in [7, 11) is 0. The van der Waals surface area contributed by atoms with E-state index < -0.39 is 34.4 Å². The van der Waals surface area contributed by atoms with Crippen LogP contribution in [0.2, 0.25) is 0 Å². The molecule has 0 radical (unpaired) electrons. The monoisotopic (exact) mass is 625 g/mol. The molecule has 11 nitrogen and oxygen atoms in total. The lowest BCUT2D eigenvalue weighted by molar-refractivity contribution is -0.384. The number of ketones is 1. The second-order valence-electron chi connectivity index (χ2n) is 10.1. The zero-order valence-corrected chi connectivity index (χ0v) is 25.1. The Hall–Kier alpha value is -5.62. The molecule has 1 aliphatic rings. The number of nitro benzene ring substituents is 1. The number of esters is 1. The number of nitrogens with zero attached hydrogens (tertiary/aromatic N) is 3. The number of nitro groups is 1. The van der Waals surface area contributed by atoms with E-state index in [1.54, 1.807) is 32.0 Å². The van der Waals surface area contributed by atoms with Crippen molar-refractivity contribution in [1.82, 2.24) is 4.98 Å². The van der Waals surface area contributed by atoms with Crippen LogP contribution in [0.25, 0.3) is 5.76 Å². The number of hydrogen-bond donors (Lipinski definition) is 1. The molecular formula is C33H27N3O8S. The van der Waals surface area contributed by atoms with Gasteiger partial charge in [-0.05, 0) is 60.9 Å². The number of aliphatic hydroxyl groups is 1. The van der Waals surface area contributed by atoms with Crippen LogP contribution >= 0.6 is 11.3 Å². The van der Waals surface area contributed by atoms with Crippen LogP contribution in [-0.4, -0.2) is 39.3 Å². The summed E-state index contributed by atoms with van der Waals surface area (Å²) in [6.45, 7) is 7.16. The van der Waals surface area contributed by atoms with E-state index >= 15 is 0 Å². The predicted molar refractivity (Wildman–Crippen MR) is 167 cm³/mol. The van der Waals surface area contributed by atoms with Crippen LogP contribution < -0.4 is 9.64 Å². The Bertz CT molecular complexity index is 1850. The van der Waals surface area contributed by atoms with E-state index in [4.69, 9.17) is 9.47 Å². The number of rotatable bonds is 10. The first-order chi connectivity index (χ1) is 21.6. The lowest BCUT2D eigenvalue weighted by Gasteiger charge is -2.23. The lowest BCUT2D eigenvalue weighted by atomic mass is 9.94. The van der Waals surface area contributed by atoms with Gasteiger partial charge in [0.05, 0.1) is 22.2 Å². The van der Waals surface area contributed by atoms with Gasteiger partial charge >= 0.3 is 11.9 Å². The third-order valence-electron chi connectivity index (χ3n) is 7.06. The highest BCUT2D eigenvalue weighted by Crippen LogP contribution is 2.44. The molecule has 45 heavy (non-hydrogen) atoms. The van der Waals surface area contributed by atoms with Gasteiger partial charge < -0.3 is 14.6 Å². The molecule has 0 unspecified atom stereocenters. The number of aryl methyl sites for hydroxylation is 2. The minimum absolute atomic E-state index is 0.0170. The molecule has 228 valence electrons. The largest absolute Gasteiger partial charge is 0.507 e. The number of thiazole rings is 1. The van der Waals surface area contributed by atoms with Crippen LogP contribution in [0.4, 0.5) is 10.8 Å². The molecule has 1 atom stereocenters. The van der Waals surface area contributed by atoms with Crippen LogP contribution in [0, 0.1) is 24.0 Å². The van der Waals surface area contributed by atoms with E-state index in [-0.39, 0.29) is 39.1 Å². The molecule has 12 heteroatoms. The second-order valence-corrected chi connectivity index (χ2v) is 11.0. The second kappa shape index (κ2) is 12.9. The van der Waals surface area contributed by atoms with Gasteiger partial charge in [-0.25, -0.2) is 9.78 Å². The molecule has 1 aromatic heterocycles. The summed E-state index contributed by atoms with van der Waals surface area (Å²) < 4.78 is 11.1. The number of Topliss-reactive ketones (excluding diaryl/α,β-unsaturated/α-hetero) is 1. The Kier molecular flexibility index (Phi) is 8.86. The van der Waals surface area contributed by atoms with Gasteiger partial charge in [-0.1, -0.05) is 54.3 Å². The van der Waals surface area contributed by atoms with Gasteiger partial charge in [0.2, 0.25) is 0 Å². The Balaban J connectivity index is 1.57. The van der Waals surface area contributed by atoms with Gasteiger partial charge in [0.25, 0.3) is 11.5 Å². The number of non-ortho nitro benzene ring substituents is 1. The van der Waals surface area contributed by atoms with E-state index in [2.05, 4.69) is 11.6 Å². The number of benzene rings is 3. The van der Waals surface area contributed by atoms with Crippen molar-refractivity contribution in [3.05, 3.63) is 134 Å². The fraction of sp³-hybridized carbons (Fsp3) is 0.152. The van der Waals surface area contributed by atoms with E-state index in [0.717, 1.165) is 21.8 Å². The first kappa shape index (κ1) is 30.8. The van der Waals surface area contributed by atoms with Crippen molar-refractivity contribution < 1.29 is 33.9 Å². The molecule has 2 heterocycles. The standard InChI is InChI=1S/C33H27N3O8S/c1-4-16-43-32(40)30-20(3)34-33(45-30)35-27(22-10-13-24(14-11-22)36(41)42)26(29(38)31(35)39)28(37)23-12-15-25(19(2)17-23)44-18-21-8-6-5-7-9-21/h4-15,17,27,37H,1,16,18H2,2-3H3/b28-26+/t27-/m0/s1. The molecule has 0 bridgehead atoms. The molecule has 3 aromatic carbocycles. The highest BCUT2D eigenvalue weighted by atomic mass is 32.1. The SMILES string of the molecule is C=CCOC(=O)c1sc(N2C(=O)C(=O)/C(=C(/O)c3ccc(OCc4ccccc4)c(C)c3)[C@@H]2c2ccc([N+](=O)[O-])cc2)nc1C. The van der Waals surface area contributed by atoms with Crippen LogP contribution in [0.3, 0.4) is 0 Å². The van der Waals surface area contributed by atoms with Gasteiger partial charge in [0.1, 0.15) is 29.6 Å². The summed E-state index contributed by atoms with van der Waals surface area (Å²) in [6, 6.07) is 18.5. The maximum absolute atomic E-state index is 13.6. The maximum Gasteiger partial charge on any atom is 0.350 e. The van der Waals surface area contributed by atoms with Crippen molar-refractivity contribution in [2.24, 2.45) is 0 Å². The number of amides is 1. The van der Waals surface area contributed by atoms with Crippen molar-refractivity contribution >= 4 is 45.6 Å². The van der Waals surface area contributed by atoms with Crippen molar-refractivity contribution in [2.45, 2.75) is 26.5 Å². The molecule has 1 fully saturated rings. The normalized spacial score (nSPS) is 15.6. The Morgan fingerprint density at radius 1 is 1.11 bits per heavy atom. The van der Waals surface area contributed by atoms with Crippen LogP contribution in [0.1, 0.15) is 43.7 Å². The molecule has 1 aliphatic heterocycles. The predicted octanol–water partition coefficient (Wildman–Crippen LogP) is 6.22. The van der Waals surface area contributed by atoms with Gasteiger partial charge in [-0.3, -0.25) is 24.6 Å². The molecule has 0 saturated carbocycles. The van der Waals surface area contributed by atoms with E-state index in [0.29, 0.717) is 23.5 Å². The zero-order valence-electron chi connectivity index (χ0n) is 24.3. The summed E-state index contributed by atoms with van der Waals surface area (Å²) in [5.41, 5.74) is 2.05. The smallest absolute Gasteiger partial charge is 0.350 e. The quantitative estimate of drug-likeness (QED) is 0.0412. The number of aromatic nitrogens is 1. The van der Waals surface area contributed by atoms with Gasteiger partial charge in [0.15, 0.2) is 5.13 Å². The fourth-order valence-corrected chi connectivity index (χ4v) is 5.84. The number of hydrogen-bond acceptors (Lipinski definition) is 10. The third-order valence-corrected chi connectivity index (χ3v) is 8.20. The van der Waals surface area contributed by atoms with Crippen LogP contribution in [-0.2, 0) is 20.9 Å². The molecule has 1 N–H and O–H groups in total. The summed E-state index contributed by atoms with van der Waals surface area (Å²) >= 11 is 0.849. The van der Waals surface area contributed by atoms with Crippen molar-refractivity contribution in [2.75, 3.05) is 11.5 Å². The van der Waals surface area contributed by atoms with Crippen LogP contribution in [0.5, 0.6) is 5.75 Å². The summed E-state index contributed by atoms with van der Waals surface area (Å²) in [4.78, 5) is 56.1. The van der Waals surface area contributed by atoms with Crippen LogP contribution in [0.15, 0.2) is 91.0 Å². The zero-order chi connectivity index (χ0) is 32.2. The summed E-state index contributed by atoms with van der Waals surface area (Å²) in [5.74, 6) is -2.53. The van der Waals surface area contributed by atoms with E-state index in [1.165, 1.54) is 30.3 Å².